The Morgan fingerprint density at radius 1 is 1.23 bits per heavy atom. The normalized spacial score (nSPS) is 20.8. The second-order valence-corrected chi connectivity index (χ2v) is 3.46. The molecule has 1 radical (unpaired) electrons. The summed E-state index contributed by atoms with van der Waals surface area (Å²) in [6.45, 7) is 11.1. The van der Waals surface area contributed by atoms with Crippen molar-refractivity contribution in [2.75, 3.05) is 46.4 Å². The molecule has 1 aliphatic rings. The molecule has 77 valence electrons. The van der Waals surface area contributed by atoms with Gasteiger partial charge in [0.15, 0.2) is 0 Å². The van der Waals surface area contributed by atoms with Crippen LogP contribution in [0.4, 0.5) is 0 Å². The topological polar surface area (TPSA) is 15.7 Å². The molecule has 0 saturated carbocycles. The van der Waals surface area contributed by atoms with Crippen molar-refractivity contribution in [1.29, 1.82) is 0 Å². The number of nitrogens with zero attached hydrogens (tertiary/aromatic N) is 2. The van der Waals surface area contributed by atoms with Crippen LogP contribution >= 0.6 is 0 Å². The number of ether oxygens (including phenoxy) is 1. The molecule has 1 heterocycles. The fourth-order valence-electron chi connectivity index (χ4n) is 1.65. The average Bonchev–Trinajstić information content (AvgIpc) is 2.17. The minimum Gasteiger partial charge on any atom is -0.383 e. The molecular formula is C10H21N2O. The number of methoxy groups -OCH3 is 1. The predicted molar refractivity (Wildman–Crippen MR) is 54.5 cm³/mol. The van der Waals surface area contributed by atoms with Crippen molar-refractivity contribution in [3.8, 4) is 0 Å². The number of piperazine rings is 1. The Morgan fingerprint density at radius 2 is 1.92 bits per heavy atom. The van der Waals surface area contributed by atoms with Gasteiger partial charge in [0, 0.05) is 46.4 Å². The van der Waals surface area contributed by atoms with E-state index in [0.29, 0.717) is 0 Å². The molecule has 1 rings (SSSR count). The second kappa shape index (κ2) is 6.35. The molecular weight excluding hydrogens is 164 g/mol. The quantitative estimate of drug-likeness (QED) is 0.631. The fraction of sp³-hybridized carbons (Fsp3) is 0.900. The molecule has 3 heteroatoms. The minimum atomic E-state index is 0.859. The van der Waals surface area contributed by atoms with Crippen LogP contribution in [0.25, 0.3) is 0 Å². The summed E-state index contributed by atoms with van der Waals surface area (Å²) in [5.74, 6) is 0. The van der Waals surface area contributed by atoms with E-state index in [1.807, 2.05) is 0 Å². The van der Waals surface area contributed by atoms with Crippen molar-refractivity contribution < 1.29 is 4.74 Å². The van der Waals surface area contributed by atoms with Gasteiger partial charge in [-0.2, -0.15) is 0 Å². The van der Waals surface area contributed by atoms with Crippen molar-refractivity contribution in [1.82, 2.24) is 9.80 Å². The standard InChI is InChI=1S/C10H21N2O/c1-3-4-11-5-7-12(8-6-11)9-10-13-2/h4H,3,5-10H2,1-2H3. The maximum atomic E-state index is 5.06. The van der Waals surface area contributed by atoms with Crippen LogP contribution in [0.1, 0.15) is 13.3 Å². The fourth-order valence-corrected chi connectivity index (χ4v) is 1.65. The van der Waals surface area contributed by atoms with E-state index in [2.05, 4.69) is 23.3 Å². The molecule has 0 aromatic carbocycles. The van der Waals surface area contributed by atoms with Gasteiger partial charge in [-0.05, 0) is 6.42 Å². The summed E-state index contributed by atoms with van der Waals surface area (Å²) in [6.07, 6.45) is 1.15. The van der Waals surface area contributed by atoms with Gasteiger partial charge in [0.1, 0.15) is 0 Å². The first-order chi connectivity index (χ1) is 6.36. The lowest BCUT2D eigenvalue weighted by Gasteiger charge is -2.34. The molecule has 0 bridgehead atoms. The molecule has 0 amide bonds. The highest BCUT2D eigenvalue weighted by molar-refractivity contribution is 4.76. The minimum absolute atomic E-state index is 0.859. The lowest BCUT2D eigenvalue weighted by Crippen LogP contribution is -2.46. The highest BCUT2D eigenvalue weighted by Crippen LogP contribution is 2.04. The average molecular weight is 185 g/mol. The molecule has 0 spiro atoms. The lowest BCUT2D eigenvalue weighted by atomic mass is 10.3. The zero-order chi connectivity index (χ0) is 9.52. The summed E-state index contributed by atoms with van der Waals surface area (Å²) in [7, 11) is 1.76. The van der Waals surface area contributed by atoms with Crippen molar-refractivity contribution in [3.63, 3.8) is 0 Å². The second-order valence-electron chi connectivity index (χ2n) is 3.46. The first-order valence-electron chi connectivity index (χ1n) is 5.15. The summed E-state index contributed by atoms with van der Waals surface area (Å²) in [5, 5.41) is 0. The summed E-state index contributed by atoms with van der Waals surface area (Å²) in [6, 6.07) is 0. The maximum Gasteiger partial charge on any atom is 0.0589 e. The molecule has 0 aliphatic carbocycles. The van der Waals surface area contributed by atoms with E-state index in [-0.39, 0.29) is 0 Å². The van der Waals surface area contributed by atoms with E-state index in [4.69, 9.17) is 4.74 Å². The van der Waals surface area contributed by atoms with Crippen molar-refractivity contribution in [2.45, 2.75) is 13.3 Å². The molecule has 1 saturated heterocycles. The molecule has 3 nitrogen and oxygen atoms in total. The van der Waals surface area contributed by atoms with E-state index in [0.717, 1.165) is 19.6 Å². The number of hydrogen-bond donors (Lipinski definition) is 0. The van der Waals surface area contributed by atoms with Gasteiger partial charge >= 0.3 is 0 Å². The van der Waals surface area contributed by atoms with E-state index < -0.39 is 0 Å². The Morgan fingerprint density at radius 3 is 2.46 bits per heavy atom. The van der Waals surface area contributed by atoms with Crippen molar-refractivity contribution in [2.24, 2.45) is 0 Å². The predicted octanol–water partition coefficient (Wildman–Crippen LogP) is 0.822. The molecule has 0 unspecified atom stereocenters. The molecule has 13 heavy (non-hydrogen) atoms. The monoisotopic (exact) mass is 185 g/mol. The van der Waals surface area contributed by atoms with Crippen LogP contribution in [0.15, 0.2) is 0 Å². The van der Waals surface area contributed by atoms with Crippen LogP contribution in [-0.4, -0.2) is 56.2 Å². The molecule has 0 aromatic heterocycles. The first kappa shape index (κ1) is 11.0. The zero-order valence-electron chi connectivity index (χ0n) is 8.83. The molecule has 0 atom stereocenters. The Balaban J connectivity index is 2.08. The zero-order valence-corrected chi connectivity index (χ0v) is 8.83. The van der Waals surface area contributed by atoms with E-state index >= 15 is 0 Å². The Hall–Kier alpha value is -0.120. The largest absolute Gasteiger partial charge is 0.383 e. The smallest absolute Gasteiger partial charge is 0.0589 e. The van der Waals surface area contributed by atoms with Gasteiger partial charge in [0.05, 0.1) is 6.61 Å². The first-order valence-corrected chi connectivity index (χ1v) is 5.15. The third-order valence-electron chi connectivity index (χ3n) is 2.46. The van der Waals surface area contributed by atoms with Gasteiger partial charge in [-0.3, -0.25) is 9.80 Å². The van der Waals surface area contributed by atoms with Crippen LogP contribution in [0.3, 0.4) is 0 Å². The Bertz CT molecular complexity index is 122. The van der Waals surface area contributed by atoms with Crippen LogP contribution in [0.5, 0.6) is 0 Å². The van der Waals surface area contributed by atoms with Crippen molar-refractivity contribution in [3.05, 3.63) is 6.54 Å². The summed E-state index contributed by atoms with van der Waals surface area (Å²) >= 11 is 0. The van der Waals surface area contributed by atoms with Crippen LogP contribution in [-0.2, 0) is 4.74 Å². The SMILES string of the molecule is CC[CH]N1CCN(CCOC)CC1. The number of hydrogen-bond acceptors (Lipinski definition) is 3. The van der Waals surface area contributed by atoms with E-state index in [1.54, 1.807) is 7.11 Å². The molecule has 1 aliphatic heterocycles. The summed E-state index contributed by atoms with van der Waals surface area (Å²) in [4.78, 5) is 4.88. The Labute approximate surface area is 81.7 Å². The third-order valence-corrected chi connectivity index (χ3v) is 2.46. The van der Waals surface area contributed by atoms with Crippen LogP contribution in [0, 0.1) is 6.54 Å². The molecule has 0 aromatic rings. The molecule has 0 N–H and O–H groups in total. The summed E-state index contributed by atoms with van der Waals surface area (Å²) < 4.78 is 5.06. The van der Waals surface area contributed by atoms with Gasteiger partial charge in [0.25, 0.3) is 0 Å². The van der Waals surface area contributed by atoms with Crippen molar-refractivity contribution >= 4 is 0 Å². The number of rotatable bonds is 5. The molecule has 1 fully saturated rings. The van der Waals surface area contributed by atoms with Crippen LogP contribution < -0.4 is 0 Å². The van der Waals surface area contributed by atoms with Crippen LogP contribution in [0.2, 0.25) is 0 Å². The third kappa shape index (κ3) is 4.07. The highest BCUT2D eigenvalue weighted by Gasteiger charge is 2.15. The van der Waals surface area contributed by atoms with Gasteiger partial charge in [-0.15, -0.1) is 0 Å². The Kier molecular flexibility index (Phi) is 5.35. The summed E-state index contributed by atoms with van der Waals surface area (Å²) in [5.41, 5.74) is 0. The van der Waals surface area contributed by atoms with E-state index in [9.17, 15) is 0 Å². The van der Waals surface area contributed by atoms with Gasteiger partial charge in [0.2, 0.25) is 0 Å². The maximum absolute atomic E-state index is 5.06. The van der Waals surface area contributed by atoms with Gasteiger partial charge < -0.3 is 4.74 Å². The van der Waals surface area contributed by atoms with Gasteiger partial charge in [-0.1, -0.05) is 6.92 Å². The van der Waals surface area contributed by atoms with Gasteiger partial charge in [-0.25, -0.2) is 0 Å². The lowest BCUT2D eigenvalue weighted by molar-refractivity contribution is 0.108. The highest BCUT2D eigenvalue weighted by atomic mass is 16.5. The van der Waals surface area contributed by atoms with E-state index in [1.165, 1.54) is 26.2 Å².